The molecule has 0 aliphatic heterocycles. The van der Waals surface area contributed by atoms with Gasteiger partial charge >= 0.3 is 0 Å². The summed E-state index contributed by atoms with van der Waals surface area (Å²) < 4.78 is 2.03. The van der Waals surface area contributed by atoms with Crippen molar-refractivity contribution in [2.45, 2.75) is 13.3 Å². The number of hydrogen-bond acceptors (Lipinski definition) is 1. The fourth-order valence-corrected chi connectivity index (χ4v) is 4.07. The van der Waals surface area contributed by atoms with Crippen LogP contribution in [0.15, 0.2) is 79.0 Å². The van der Waals surface area contributed by atoms with Crippen molar-refractivity contribution in [2.75, 3.05) is 0 Å². The average molecular weight is 349 g/mol. The number of fused-ring (bicyclic) bond motifs is 3. The molecule has 0 aliphatic rings. The maximum atomic E-state index is 12.1. The molecule has 2 heterocycles. The summed E-state index contributed by atoms with van der Waals surface area (Å²) in [5.74, 6) is 0. The Morgan fingerprint density at radius 2 is 1.52 bits per heavy atom. The van der Waals surface area contributed by atoms with Gasteiger partial charge in [-0.15, -0.1) is 0 Å². The summed E-state index contributed by atoms with van der Waals surface area (Å²) in [4.78, 5) is 12.1. The van der Waals surface area contributed by atoms with Gasteiger partial charge in [-0.2, -0.15) is 0 Å². The summed E-state index contributed by atoms with van der Waals surface area (Å²) in [6, 6.07) is 25.4. The third-order valence-corrected chi connectivity index (χ3v) is 5.43. The van der Waals surface area contributed by atoms with E-state index >= 15 is 0 Å². The quantitative estimate of drug-likeness (QED) is 0.277. The predicted octanol–water partition coefficient (Wildman–Crippen LogP) is 6.29. The van der Waals surface area contributed by atoms with E-state index in [-0.39, 0.29) is 0 Å². The fraction of sp³-hybridized carbons (Fsp3) is 0.0800. The Bertz CT molecular complexity index is 1270. The van der Waals surface area contributed by atoms with Crippen molar-refractivity contribution in [3.63, 3.8) is 0 Å². The molecule has 0 atom stereocenters. The molecule has 2 aromatic heterocycles. The molecule has 0 spiro atoms. The predicted molar refractivity (Wildman–Crippen MR) is 113 cm³/mol. The molecule has 5 aromatic rings. The zero-order chi connectivity index (χ0) is 18.4. The Labute approximate surface area is 157 Å². The Morgan fingerprint density at radius 3 is 2.15 bits per heavy atom. The minimum absolute atomic E-state index is 0.710. The van der Waals surface area contributed by atoms with Gasteiger partial charge in [0.2, 0.25) is 0 Å². The van der Waals surface area contributed by atoms with Crippen molar-refractivity contribution in [1.29, 1.82) is 0 Å². The molecular formula is C25H19NO. The molecule has 5 rings (SSSR count). The van der Waals surface area contributed by atoms with Gasteiger partial charge in [-0.25, -0.2) is 0 Å². The van der Waals surface area contributed by atoms with Gasteiger partial charge in [0.25, 0.3) is 0 Å². The zero-order valence-corrected chi connectivity index (χ0v) is 15.1. The van der Waals surface area contributed by atoms with Crippen molar-refractivity contribution in [1.82, 2.24) is 4.40 Å². The molecule has 0 N–H and O–H groups in total. The van der Waals surface area contributed by atoms with Crippen LogP contribution in [0.1, 0.15) is 23.0 Å². The first-order valence-electron chi connectivity index (χ1n) is 9.30. The van der Waals surface area contributed by atoms with Crippen LogP contribution >= 0.6 is 0 Å². The summed E-state index contributed by atoms with van der Waals surface area (Å²) in [7, 11) is 0. The summed E-state index contributed by atoms with van der Waals surface area (Å²) in [6.07, 6.45) is 4.01. The molecular weight excluding hydrogens is 330 g/mol. The van der Waals surface area contributed by atoms with Gasteiger partial charge in [-0.3, -0.25) is 4.79 Å². The number of carbonyl (C=O) groups is 1. The van der Waals surface area contributed by atoms with E-state index < -0.39 is 0 Å². The highest BCUT2D eigenvalue weighted by Crippen LogP contribution is 2.39. The van der Waals surface area contributed by atoms with Gasteiger partial charge in [-0.05, 0) is 57.3 Å². The van der Waals surface area contributed by atoms with E-state index in [1.54, 1.807) is 0 Å². The van der Waals surface area contributed by atoms with Crippen LogP contribution in [0.3, 0.4) is 0 Å². The van der Waals surface area contributed by atoms with Crippen molar-refractivity contribution in [2.24, 2.45) is 0 Å². The van der Waals surface area contributed by atoms with Crippen molar-refractivity contribution in [3.8, 4) is 11.1 Å². The first-order valence-corrected chi connectivity index (χ1v) is 9.30. The molecule has 0 amide bonds. The zero-order valence-electron chi connectivity index (χ0n) is 15.1. The molecule has 27 heavy (non-hydrogen) atoms. The smallest absolute Gasteiger partial charge is 0.167 e. The third-order valence-electron chi connectivity index (χ3n) is 5.43. The first kappa shape index (κ1) is 15.8. The molecule has 130 valence electrons. The summed E-state index contributed by atoms with van der Waals surface area (Å²) in [6.45, 7) is 2.13. The maximum Gasteiger partial charge on any atom is 0.167 e. The van der Waals surface area contributed by atoms with Crippen LogP contribution < -0.4 is 0 Å². The Hall–Kier alpha value is -3.39. The van der Waals surface area contributed by atoms with Gasteiger partial charge < -0.3 is 4.40 Å². The first-order chi connectivity index (χ1) is 13.3. The van der Waals surface area contributed by atoms with Gasteiger partial charge in [-0.1, -0.05) is 61.5 Å². The minimum Gasteiger partial charge on any atom is -0.313 e. The highest BCUT2D eigenvalue weighted by Gasteiger charge is 2.17. The van der Waals surface area contributed by atoms with Crippen LogP contribution in [0, 0.1) is 0 Å². The molecule has 2 heteroatoms. The molecule has 2 nitrogen and oxygen atoms in total. The number of pyridine rings is 1. The van der Waals surface area contributed by atoms with Gasteiger partial charge in [0.1, 0.15) is 0 Å². The van der Waals surface area contributed by atoms with E-state index in [2.05, 4.69) is 85.9 Å². The topological polar surface area (TPSA) is 21.5 Å². The molecule has 0 unspecified atom stereocenters. The van der Waals surface area contributed by atoms with E-state index in [0.29, 0.717) is 5.69 Å². The number of aldehydes is 1. The van der Waals surface area contributed by atoms with Crippen LogP contribution in [0.2, 0.25) is 0 Å². The molecule has 0 fully saturated rings. The third kappa shape index (κ3) is 2.37. The SMILES string of the molecule is CCc1ccc2cc(-c3c4ccccc4cc4ccccc34)c(C=O)n2c1. The number of hydrogen-bond donors (Lipinski definition) is 0. The lowest BCUT2D eigenvalue weighted by molar-refractivity contribution is 0.111. The highest BCUT2D eigenvalue weighted by molar-refractivity contribution is 6.14. The van der Waals surface area contributed by atoms with Crippen LogP contribution in [0.5, 0.6) is 0 Å². The molecule has 0 radical (unpaired) electrons. The maximum absolute atomic E-state index is 12.1. The van der Waals surface area contributed by atoms with Crippen molar-refractivity contribution < 1.29 is 4.79 Å². The molecule has 0 aliphatic carbocycles. The van der Waals surface area contributed by atoms with Crippen LogP contribution in [0.4, 0.5) is 0 Å². The minimum atomic E-state index is 0.710. The number of aromatic nitrogens is 1. The Morgan fingerprint density at radius 1 is 0.852 bits per heavy atom. The normalized spacial score (nSPS) is 11.4. The van der Waals surface area contributed by atoms with E-state index in [9.17, 15) is 4.79 Å². The second kappa shape index (κ2) is 6.10. The van der Waals surface area contributed by atoms with Gasteiger partial charge in [0, 0.05) is 17.3 Å². The van der Waals surface area contributed by atoms with Crippen molar-refractivity contribution in [3.05, 3.63) is 90.3 Å². The Kier molecular flexibility index (Phi) is 3.58. The van der Waals surface area contributed by atoms with E-state index in [1.165, 1.54) is 27.1 Å². The second-order valence-electron chi connectivity index (χ2n) is 6.94. The van der Waals surface area contributed by atoms with E-state index in [1.807, 2.05) is 4.40 Å². The number of aryl methyl sites for hydroxylation is 1. The fourth-order valence-electron chi connectivity index (χ4n) is 4.07. The summed E-state index contributed by atoms with van der Waals surface area (Å²) in [5.41, 5.74) is 5.09. The highest BCUT2D eigenvalue weighted by atomic mass is 16.1. The van der Waals surface area contributed by atoms with Crippen LogP contribution in [0.25, 0.3) is 38.2 Å². The molecule has 0 bridgehead atoms. The monoisotopic (exact) mass is 349 g/mol. The van der Waals surface area contributed by atoms with Crippen molar-refractivity contribution >= 4 is 33.3 Å². The van der Waals surface area contributed by atoms with Gasteiger partial charge in [0.15, 0.2) is 6.29 Å². The lowest BCUT2D eigenvalue weighted by Crippen LogP contribution is -1.95. The Balaban J connectivity index is 1.97. The number of rotatable bonds is 3. The number of nitrogens with zero attached hydrogens (tertiary/aromatic N) is 1. The number of benzene rings is 3. The summed E-state index contributed by atoms with van der Waals surface area (Å²) >= 11 is 0. The lowest BCUT2D eigenvalue weighted by Gasteiger charge is -2.11. The van der Waals surface area contributed by atoms with E-state index in [0.717, 1.165) is 29.4 Å². The molecule has 0 saturated heterocycles. The van der Waals surface area contributed by atoms with Gasteiger partial charge in [0.05, 0.1) is 5.69 Å². The number of carbonyl (C=O) groups excluding carboxylic acids is 1. The average Bonchev–Trinajstić information content (AvgIpc) is 3.08. The standard InChI is InChI=1S/C25H19NO/c1-2-17-11-12-20-14-23(24(16-27)26(20)15-17)25-21-9-5-3-7-18(21)13-19-8-4-6-10-22(19)25/h3-16H,2H2,1H3. The van der Waals surface area contributed by atoms with Crippen LogP contribution in [-0.2, 0) is 6.42 Å². The molecule has 0 saturated carbocycles. The lowest BCUT2D eigenvalue weighted by atomic mass is 9.92. The largest absolute Gasteiger partial charge is 0.313 e. The second-order valence-corrected chi connectivity index (χ2v) is 6.94. The summed E-state index contributed by atoms with van der Waals surface area (Å²) in [5, 5.41) is 4.72. The van der Waals surface area contributed by atoms with Crippen LogP contribution in [-0.4, -0.2) is 10.7 Å². The molecule has 3 aromatic carbocycles. The van der Waals surface area contributed by atoms with E-state index in [4.69, 9.17) is 0 Å².